The summed E-state index contributed by atoms with van der Waals surface area (Å²) in [5.41, 5.74) is 0.574. The fourth-order valence-electron chi connectivity index (χ4n) is 2.17. The van der Waals surface area contributed by atoms with Crippen molar-refractivity contribution in [1.29, 1.82) is 0 Å². The van der Waals surface area contributed by atoms with Gasteiger partial charge >= 0.3 is 6.61 Å². The molecule has 27 heavy (non-hydrogen) atoms. The largest absolute Gasteiger partial charge is 0.435 e. The summed E-state index contributed by atoms with van der Waals surface area (Å²) in [6.45, 7) is 5.19. The molecule has 0 aliphatic heterocycles. The van der Waals surface area contributed by atoms with Gasteiger partial charge in [0.05, 0.1) is 5.75 Å². The molecule has 0 saturated heterocycles. The monoisotopic (exact) mass is 395 g/mol. The summed E-state index contributed by atoms with van der Waals surface area (Å²) in [6, 6.07) is 5.85. The first-order valence-corrected chi connectivity index (χ1v) is 8.83. The number of nitrogens with zero attached hydrogens (tertiary/aromatic N) is 4. The first-order valence-electron chi connectivity index (χ1n) is 7.84. The van der Waals surface area contributed by atoms with Crippen molar-refractivity contribution < 1.29 is 18.3 Å². The minimum Gasteiger partial charge on any atom is -0.435 e. The third-order valence-electron chi connectivity index (χ3n) is 3.38. The van der Waals surface area contributed by atoms with E-state index < -0.39 is 6.61 Å². The normalized spacial score (nSPS) is 10.6. The molecule has 2 N–H and O–H groups in total. The summed E-state index contributed by atoms with van der Waals surface area (Å²) in [4.78, 5) is 13.8. The van der Waals surface area contributed by atoms with E-state index in [9.17, 15) is 13.6 Å². The van der Waals surface area contributed by atoms with E-state index in [4.69, 9.17) is 5.84 Å². The minimum atomic E-state index is -2.89. The Morgan fingerprint density at radius 1 is 1.26 bits per heavy atom. The molecule has 0 aliphatic carbocycles. The van der Waals surface area contributed by atoms with Gasteiger partial charge in [0.2, 0.25) is 11.1 Å². The lowest BCUT2D eigenvalue weighted by molar-refractivity contribution is -0.127. The van der Waals surface area contributed by atoms with E-state index in [1.54, 1.807) is 29.2 Å². The zero-order valence-corrected chi connectivity index (χ0v) is 15.2. The quantitative estimate of drug-likeness (QED) is 0.378. The number of hydrogen-bond acceptors (Lipinski definition) is 6. The third kappa shape index (κ3) is 5.55. The Morgan fingerprint density at radius 2 is 1.89 bits per heavy atom. The first-order chi connectivity index (χ1) is 13.0. The minimum absolute atomic E-state index is 0.0292. The van der Waals surface area contributed by atoms with Crippen LogP contribution in [0.25, 0.3) is 11.4 Å². The van der Waals surface area contributed by atoms with Gasteiger partial charge in [0, 0.05) is 18.7 Å². The molecule has 0 radical (unpaired) electrons. The van der Waals surface area contributed by atoms with Crippen LogP contribution in [0.15, 0.2) is 54.7 Å². The third-order valence-corrected chi connectivity index (χ3v) is 4.31. The van der Waals surface area contributed by atoms with E-state index in [-0.39, 0.29) is 17.4 Å². The fraction of sp³-hybridized carbons (Fsp3) is 0.235. The number of halogens is 2. The zero-order chi connectivity index (χ0) is 19.8. The lowest BCUT2D eigenvalue weighted by Crippen LogP contribution is -2.32. The molecular formula is C17H19F2N5O2S. The van der Waals surface area contributed by atoms with Crippen LogP contribution in [0.2, 0.25) is 0 Å². The number of nitrogen functional groups attached to an aromatic ring is 1. The molecule has 0 spiro atoms. The van der Waals surface area contributed by atoms with Crippen molar-refractivity contribution >= 4 is 17.7 Å². The van der Waals surface area contributed by atoms with Gasteiger partial charge in [-0.25, -0.2) is 4.68 Å². The number of rotatable bonds is 10. The molecule has 1 heterocycles. The summed E-state index contributed by atoms with van der Waals surface area (Å²) >= 11 is 1.14. The smallest absolute Gasteiger partial charge is 0.387 e. The van der Waals surface area contributed by atoms with Gasteiger partial charge in [0.25, 0.3) is 0 Å². The molecule has 2 rings (SSSR count). The average molecular weight is 395 g/mol. The number of carbonyl (C=O) groups is 1. The number of aromatic nitrogens is 3. The van der Waals surface area contributed by atoms with Gasteiger partial charge < -0.3 is 15.5 Å². The van der Waals surface area contributed by atoms with Gasteiger partial charge in [0.1, 0.15) is 5.75 Å². The van der Waals surface area contributed by atoms with E-state index in [2.05, 4.69) is 28.1 Å². The van der Waals surface area contributed by atoms with E-state index in [1.165, 1.54) is 16.8 Å². The Labute approximate surface area is 159 Å². The predicted octanol–water partition coefficient (Wildman–Crippen LogP) is 2.55. The maximum Gasteiger partial charge on any atom is 0.387 e. The van der Waals surface area contributed by atoms with Crippen molar-refractivity contribution in [3.05, 3.63) is 49.6 Å². The van der Waals surface area contributed by atoms with Gasteiger partial charge in [-0.2, -0.15) is 8.78 Å². The van der Waals surface area contributed by atoms with Crippen molar-refractivity contribution in [3.63, 3.8) is 0 Å². The predicted molar refractivity (Wildman–Crippen MR) is 99.9 cm³/mol. The number of hydrogen-bond donors (Lipinski definition) is 1. The van der Waals surface area contributed by atoms with Crippen LogP contribution in [-0.4, -0.2) is 51.1 Å². The van der Waals surface area contributed by atoms with Gasteiger partial charge in [-0.15, -0.1) is 23.4 Å². The van der Waals surface area contributed by atoms with E-state index in [1.807, 2.05) is 0 Å². The maximum atomic E-state index is 12.2. The highest BCUT2D eigenvalue weighted by molar-refractivity contribution is 7.99. The van der Waals surface area contributed by atoms with Gasteiger partial charge in [-0.05, 0) is 24.3 Å². The van der Waals surface area contributed by atoms with Crippen LogP contribution >= 0.6 is 11.8 Å². The molecule has 144 valence electrons. The Hall–Kier alpha value is -2.88. The Kier molecular flexibility index (Phi) is 7.35. The Morgan fingerprint density at radius 3 is 2.44 bits per heavy atom. The summed E-state index contributed by atoms with van der Waals surface area (Å²) in [7, 11) is 0. The molecule has 0 fully saturated rings. The van der Waals surface area contributed by atoms with Crippen LogP contribution in [0.5, 0.6) is 5.75 Å². The molecule has 0 atom stereocenters. The van der Waals surface area contributed by atoms with Crippen LogP contribution in [-0.2, 0) is 4.79 Å². The highest BCUT2D eigenvalue weighted by Gasteiger charge is 2.16. The van der Waals surface area contributed by atoms with Crippen molar-refractivity contribution in [2.24, 2.45) is 0 Å². The van der Waals surface area contributed by atoms with E-state index in [0.717, 1.165) is 11.8 Å². The van der Waals surface area contributed by atoms with Crippen LogP contribution in [0.4, 0.5) is 8.78 Å². The van der Waals surface area contributed by atoms with Crippen LogP contribution < -0.4 is 10.6 Å². The van der Waals surface area contributed by atoms with Gasteiger partial charge in [-0.3, -0.25) is 4.79 Å². The van der Waals surface area contributed by atoms with E-state index >= 15 is 0 Å². The summed E-state index contributed by atoms with van der Waals surface area (Å²) in [6.07, 6.45) is 3.27. The van der Waals surface area contributed by atoms with Crippen LogP contribution in [0.3, 0.4) is 0 Å². The average Bonchev–Trinajstić information content (AvgIpc) is 3.00. The van der Waals surface area contributed by atoms with Crippen molar-refractivity contribution in [3.8, 4) is 17.1 Å². The number of thioether (sulfide) groups is 1. The second kappa shape index (κ2) is 9.72. The number of carbonyl (C=O) groups excluding carboxylic acids is 1. The van der Waals surface area contributed by atoms with Crippen LogP contribution in [0.1, 0.15) is 0 Å². The molecule has 2 aromatic rings. The molecule has 1 aromatic heterocycles. The second-order valence-electron chi connectivity index (χ2n) is 5.24. The lowest BCUT2D eigenvalue weighted by Gasteiger charge is -2.18. The molecule has 0 saturated carbocycles. The summed E-state index contributed by atoms with van der Waals surface area (Å²) in [5.74, 6) is 6.37. The van der Waals surface area contributed by atoms with E-state index in [0.29, 0.717) is 29.6 Å². The Balaban J connectivity index is 2.05. The standard InChI is InChI=1S/C17H19F2N5O2S/c1-3-9-23(10-4-2)14(25)11-27-17-22-21-15(24(17)20)12-5-7-13(8-6-12)26-16(18)19/h3-8,16H,1-2,9-11,20H2. The molecule has 0 bridgehead atoms. The molecular weight excluding hydrogens is 376 g/mol. The lowest BCUT2D eigenvalue weighted by atomic mass is 10.2. The zero-order valence-electron chi connectivity index (χ0n) is 14.4. The SMILES string of the molecule is C=CCN(CC=C)C(=O)CSc1nnc(-c2ccc(OC(F)F)cc2)n1N. The highest BCUT2D eigenvalue weighted by Crippen LogP contribution is 2.24. The van der Waals surface area contributed by atoms with Crippen molar-refractivity contribution in [1.82, 2.24) is 19.8 Å². The fourth-order valence-corrected chi connectivity index (χ4v) is 2.92. The second-order valence-corrected chi connectivity index (χ2v) is 6.19. The molecule has 0 unspecified atom stereocenters. The molecule has 0 aliphatic rings. The molecule has 7 nitrogen and oxygen atoms in total. The number of amides is 1. The van der Waals surface area contributed by atoms with Crippen LogP contribution in [0, 0.1) is 0 Å². The summed E-state index contributed by atoms with van der Waals surface area (Å²) in [5, 5.41) is 8.32. The Bertz CT molecular complexity index is 785. The summed E-state index contributed by atoms with van der Waals surface area (Å²) < 4.78 is 29.9. The number of nitrogens with two attached hydrogens (primary N) is 1. The number of benzene rings is 1. The molecule has 1 aromatic carbocycles. The highest BCUT2D eigenvalue weighted by atomic mass is 32.2. The van der Waals surface area contributed by atoms with Gasteiger partial charge in [0.15, 0.2) is 5.82 Å². The number of ether oxygens (including phenoxy) is 1. The van der Waals surface area contributed by atoms with Crippen molar-refractivity contribution in [2.75, 3.05) is 24.7 Å². The molecule has 10 heteroatoms. The molecule has 1 amide bonds. The number of alkyl halides is 2. The van der Waals surface area contributed by atoms with Gasteiger partial charge in [-0.1, -0.05) is 23.9 Å². The first kappa shape index (κ1) is 20.4. The topological polar surface area (TPSA) is 86.3 Å². The maximum absolute atomic E-state index is 12.2. The van der Waals surface area contributed by atoms with Crippen molar-refractivity contribution in [2.45, 2.75) is 11.8 Å².